The number of benzene rings is 2. The van der Waals surface area contributed by atoms with Crippen molar-refractivity contribution in [3.8, 4) is 0 Å². The Hall–Kier alpha value is -3.87. The van der Waals surface area contributed by atoms with Gasteiger partial charge in [0, 0.05) is 41.8 Å². The van der Waals surface area contributed by atoms with E-state index in [4.69, 9.17) is 0 Å². The van der Waals surface area contributed by atoms with E-state index in [1.807, 2.05) is 18.3 Å². The van der Waals surface area contributed by atoms with Crippen LogP contribution in [-0.4, -0.2) is 31.7 Å². The first-order chi connectivity index (χ1) is 14.7. The lowest BCUT2D eigenvalue weighted by Crippen LogP contribution is -2.09. The number of fused-ring (bicyclic) bond motifs is 2. The van der Waals surface area contributed by atoms with E-state index < -0.39 is 0 Å². The molecule has 4 N–H and O–H groups in total. The normalized spacial score (nSPS) is 11.2. The monoisotopic (exact) mass is 397 g/mol. The van der Waals surface area contributed by atoms with Crippen molar-refractivity contribution in [2.45, 2.75) is 19.9 Å². The SMILES string of the molecule is Cc1ccc2[nH]cc(CCNc3ccnc(NCc4ccc5[nH]ncc5c4)n3)c2c1. The number of aryl methyl sites for hydroxylation is 1. The van der Waals surface area contributed by atoms with Gasteiger partial charge in [-0.2, -0.15) is 10.1 Å². The molecule has 0 atom stereocenters. The molecule has 3 heterocycles. The number of rotatable bonds is 7. The fraction of sp³-hybridized carbons (Fsp3) is 0.174. The molecule has 5 rings (SSSR count). The van der Waals surface area contributed by atoms with Crippen LogP contribution in [0, 0.1) is 6.92 Å². The molecule has 0 aliphatic carbocycles. The van der Waals surface area contributed by atoms with E-state index in [9.17, 15) is 0 Å². The number of H-pyrrole nitrogens is 2. The second-order valence-electron chi connectivity index (χ2n) is 7.45. The predicted molar refractivity (Wildman–Crippen MR) is 121 cm³/mol. The maximum Gasteiger partial charge on any atom is 0.224 e. The molecule has 30 heavy (non-hydrogen) atoms. The van der Waals surface area contributed by atoms with Gasteiger partial charge in [0.1, 0.15) is 5.82 Å². The van der Waals surface area contributed by atoms with Crippen LogP contribution in [-0.2, 0) is 13.0 Å². The Morgan fingerprint density at radius 3 is 2.90 bits per heavy atom. The van der Waals surface area contributed by atoms with Gasteiger partial charge in [-0.3, -0.25) is 5.10 Å². The molecule has 0 aliphatic rings. The third-order valence-corrected chi connectivity index (χ3v) is 5.23. The fourth-order valence-electron chi connectivity index (χ4n) is 3.65. The molecule has 0 aliphatic heterocycles. The first-order valence-corrected chi connectivity index (χ1v) is 10.0. The van der Waals surface area contributed by atoms with Crippen LogP contribution >= 0.6 is 0 Å². The van der Waals surface area contributed by atoms with Crippen LogP contribution < -0.4 is 10.6 Å². The molecule has 0 fully saturated rings. The van der Waals surface area contributed by atoms with Crippen molar-refractivity contribution >= 4 is 33.6 Å². The average Bonchev–Trinajstić information content (AvgIpc) is 3.39. The number of aromatic nitrogens is 5. The van der Waals surface area contributed by atoms with Crippen molar-refractivity contribution in [2.24, 2.45) is 0 Å². The number of anilines is 2. The van der Waals surface area contributed by atoms with Crippen molar-refractivity contribution in [3.05, 3.63) is 77.7 Å². The molecule has 5 aromatic rings. The van der Waals surface area contributed by atoms with Gasteiger partial charge >= 0.3 is 0 Å². The van der Waals surface area contributed by atoms with Crippen LogP contribution in [0.3, 0.4) is 0 Å². The Kier molecular flexibility index (Phi) is 4.77. The van der Waals surface area contributed by atoms with Gasteiger partial charge in [0.15, 0.2) is 0 Å². The molecule has 2 aromatic carbocycles. The summed E-state index contributed by atoms with van der Waals surface area (Å²) in [6, 6.07) is 14.6. The molecule has 150 valence electrons. The number of aromatic amines is 2. The van der Waals surface area contributed by atoms with Crippen LogP contribution in [0.4, 0.5) is 11.8 Å². The molecule has 0 radical (unpaired) electrons. The molecule has 0 bridgehead atoms. The summed E-state index contributed by atoms with van der Waals surface area (Å²) in [5.74, 6) is 1.42. The van der Waals surface area contributed by atoms with Crippen LogP contribution in [0.25, 0.3) is 21.8 Å². The summed E-state index contributed by atoms with van der Waals surface area (Å²) in [6.45, 7) is 3.57. The van der Waals surface area contributed by atoms with Crippen molar-refractivity contribution in [1.82, 2.24) is 25.1 Å². The summed E-state index contributed by atoms with van der Waals surface area (Å²) in [5, 5.41) is 16.1. The van der Waals surface area contributed by atoms with Crippen LogP contribution in [0.1, 0.15) is 16.7 Å². The molecule has 0 saturated carbocycles. The zero-order valence-electron chi connectivity index (χ0n) is 16.7. The van der Waals surface area contributed by atoms with Gasteiger partial charge < -0.3 is 15.6 Å². The average molecular weight is 397 g/mol. The standard InChI is InChI=1S/C23H23N7/c1-15-2-4-21-19(10-15)17(13-26-21)6-8-24-22-7-9-25-23(29-22)27-12-16-3-5-20-18(11-16)14-28-30-20/h2-5,7,9-11,13-14,26H,6,8,12H2,1H3,(H,28,30)(H2,24,25,27,29). The summed E-state index contributed by atoms with van der Waals surface area (Å²) < 4.78 is 0. The summed E-state index contributed by atoms with van der Waals surface area (Å²) in [4.78, 5) is 12.3. The molecule has 0 amide bonds. The fourth-order valence-corrected chi connectivity index (χ4v) is 3.65. The Morgan fingerprint density at radius 2 is 1.93 bits per heavy atom. The molecule has 3 aromatic heterocycles. The van der Waals surface area contributed by atoms with E-state index >= 15 is 0 Å². The predicted octanol–water partition coefficient (Wildman–Crippen LogP) is 4.41. The minimum Gasteiger partial charge on any atom is -0.370 e. The van der Waals surface area contributed by atoms with E-state index in [1.165, 1.54) is 22.0 Å². The van der Waals surface area contributed by atoms with Gasteiger partial charge in [0.2, 0.25) is 5.95 Å². The number of hydrogen-bond acceptors (Lipinski definition) is 5. The Labute approximate surface area is 174 Å². The summed E-state index contributed by atoms with van der Waals surface area (Å²) in [5.41, 5.74) is 5.95. The topological polar surface area (TPSA) is 94.3 Å². The Morgan fingerprint density at radius 1 is 1.00 bits per heavy atom. The summed E-state index contributed by atoms with van der Waals surface area (Å²) in [7, 11) is 0. The largest absolute Gasteiger partial charge is 0.370 e. The maximum atomic E-state index is 4.58. The molecule has 0 saturated heterocycles. The lowest BCUT2D eigenvalue weighted by atomic mass is 10.1. The molecular formula is C23H23N7. The van der Waals surface area contributed by atoms with Gasteiger partial charge in [0.25, 0.3) is 0 Å². The number of nitrogens with zero attached hydrogens (tertiary/aromatic N) is 3. The van der Waals surface area contributed by atoms with Crippen molar-refractivity contribution < 1.29 is 0 Å². The van der Waals surface area contributed by atoms with Crippen molar-refractivity contribution in [1.29, 1.82) is 0 Å². The third-order valence-electron chi connectivity index (χ3n) is 5.23. The minimum absolute atomic E-state index is 0.606. The molecule has 7 heteroatoms. The van der Waals surface area contributed by atoms with Gasteiger partial charge in [0.05, 0.1) is 11.7 Å². The summed E-state index contributed by atoms with van der Waals surface area (Å²) in [6.07, 6.45) is 6.61. The molecule has 7 nitrogen and oxygen atoms in total. The van der Waals surface area contributed by atoms with E-state index in [0.717, 1.165) is 35.2 Å². The van der Waals surface area contributed by atoms with E-state index in [0.29, 0.717) is 12.5 Å². The van der Waals surface area contributed by atoms with E-state index in [1.54, 1.807) is 6.20 Å². The highest BCUT2D eigenvalue weighted by atomic mass is 15.1. The van der Waals surface area contributed by atoms with Gasteiger partial charge in [-0.25, -0.2) is 4.98 Å². The van der Waals surface area contributed by atoms with E-state index in [2.05, 4.69) is 79.2 Å². The van der Waals surface area contributed by atoms with Gasteiger partial charge in [-0.15, -0.1) is 0 Å². The zero-order valence-corrected chi connectivity index (χ0v) is 16.7. The molecular weight excluding hydrogens is 374 g/mol. The van der Waals surface area contributed by atoms with E-state index in [-0.39, 0.29) is 0 Å². The second-order valence-corrected chi connectivity index (χ2v) is 7.45. The second kappa shape index (κ2) is 7.87. The lowest BCUT2D eigenvalue weighted by Gasteiger charge is -2.09. The van der Waals surface area contributed by atoms with Crippen LogP contribution in [0.2, 0.25) is 0 Å². The van der Waals surface area contributed by atoms with Crippen LogP contribution in [0.15, 0.2) is 61.1 Å². The minimum atomic E-state index is 0.606. The maximum absolute atomic E-state index is 4.58. The van der Waals surface area contributed by atoms with Gasteiger partial charge in [-0.1, -0.05) is 17.7 Å². The lowest BCUT2D eigenvalue weighted by molar-refractivity contribution is 0.997. The highest BCUT2D eigenvalue weighted by molar-refractivity contribution is 5.84. The molecule has 0 spiro atoms. The van der Waals surface area contributed by atoms with Crippen molar-refractivity contribution in [2.75, 3.05) is 17.2 Å². The summed E-state index contributed by atoms with van der Waals surface area (Å²) >= 11 is 0. The first kappa shape index (κ1) is 18.2. The highest BCUT2D eigenvalue weighted by Gasteiger charge is 2.05. The highest BCUT2D eigenvalue weighted by Crippen LogP contribution is 2.20. The Balaban J connectivity index is 1.19. The quantitative estimate of drug-likeness (QED) is 0.326. The number of hydrogen-bond donors (Lipinski definition) is 4. The van der Waals surface area contributed by atoms with Crippen LogP contribution in [0.5, 0.6) is 0 Å². The molecule has 0 unspecified atom stereocenters. The zero-order chi connectivity index (χ0) is 20.3. The van der Waals surface area contributed by atoms with Gasteiger partial charge in [-0.05, 0) is 54.8 Å². The van der Waals surface area contributed by atoms with Crippen molar-refractivity contribution in [3.63, 3.8) is 0 Å². The smallest absolute Gasteiger partial charge is 0.224 e. The third kappa shape index (κ3) is 3.82. The number of nitrogens with one attached hydrogen (secondary N) is 4. The Bertz CT molecular complexity index is 1300. The first-order valence-electron chi connectivity index (χ1n) is 10.0.